The van der Waals surface area contributed by atoms with Gasteiger partial charge in [-0.05, 0) is 55.8 Å². The van der Waals surface area contributed by atoms with Crippen molar-refractivity contribution in [3.63, 3.8) is 0 Å². The van der Waals surface area contributed by atoms with Crippen LogP contribution in [0, 0.1) is 5.92 Å². The van der Waals surface area contributed by atoms with E-state index >= 15 is 0 Å². The van der Waals surface area contributed by atoms with Crippen LogP contribution in [0.15, 0.2) is 24.3 Å². The van der Waals surface area contributed by atoms with Crippen molar-refractivity contribution in [2.75, 3.05) is 25.9 Å². The van der Waals surface area contributed by atoms with Crippen LogP contribution >= 0.6 is 0 Å². The Morgan fingerprint density at radius 2 is 1.61 bits per heavy atom. The Bertz CT molecular complexity index is 588. The minimum absolute atomic E-state index is 0.417. The van der Waals surface area contributed by atoms with Crippen LogP contribution in [0.3, 0.4) is 0 Å². The minimum Gasteiger partial charge on any atom is -0.297 e. The van der Waals surface area contributed by atoms with Gasteiger partial charge in [-0.2, -0.15) is 0 Å². The van der Waals surface area contributed by atoms with Crippen molar-refractivity contribution >= 4 is 10.0 Å². The molecule has 1 N–H and O–H groups in total. The first-order valence-corrected chi connectivity index (χ1v) is 10.4. The Balaban J connectivity index is 1.86. The van der Waals surface area contributed by atoms with Crippen LogP contribution in [-0.4, -0.2) is 39.2 Å². The van der Waals surface area contributed by atoms with Crippen LogP contribution in [0.5, 0.6) is 0 Å². The summed E-state index contributed by atoms with van der Waals surface area (Å²) in [6.45, 7) is 9.33. The molecule has 1 aliphatic heterocycles. The molecule has 1 aromatic rings. The number of piperidine rings is 1. The number of hydrogen-bond acceptors (Lipinski definition) is 3. The standard InChI is InChI=1S/C18H30N2O2S/c1-14(2)17-5-7-18(8-6-17)15(3)20-11-9-16(10-12-20)13-19-23(4,21)22/h5-8,14-16,19H,9-13H2,1-4H3. The Labute approximate surface area is 141 Å². The van der Waals surface area contributed by atoms with Gasteiger partial charge in [0.15, 0.2) is 0 Å². The predicted octanol–water partition coefficient (Wildman–Crippen LogP) is 3.13. The van der Waals surface area contributed by atoms with Crippen molar-refractivity contribution < 1.29 is 8.42 Å². The van der Waals surface area contributed by atoms with Crippen LogP contribution in [0.25, 0.3) is 0 Å². The molecule has 4 nitrogen and oxygen atoms in total. The van der Waals surface area contributed by atoms with Gasteiger partial charge in [0.2, 0.25) is 10.0 Å². The molecule has 0 spiro atoms. The van der Waals surface area contributed by atoms with E-state index in [4.69, 9.17) is 0 Å². The number of benzene rings is 1. The maximum Gasteiger partial charge on any atom is 0.208 e. The summed E-state index contributed by atoms with van der Waals surface area (Å²) < 4.78 is 25.0. The third kappa shape index (κ3) is 5.59. The summed E-state index contributed by atoms with van der Waals surface area (Å²) in [5.41, 5.74) is 2.74. The molecule has 1 fully saturated rings. The number of nitrogens with one attached hydrogen (secondary N) is 1. The van der Waals surface area contributed by atoms with E-state index in [-0.39, 0.29) is 0 Å². The van der Waals surface area contributed by atoms with E-state index in [1.165, 1.54) is 17.4 Å². The fraction of sp³-hybridized carbons (Fsp3) is 0.667. The van der Waals surface area contributed by atoms with Gasteiger partial charge >= 0.3 is 0 Å². The zero-order chi connectivity index (χ0) is 17.0. The average molecular weight is 339 g/mol. The Hall–Kier alpha value is -0.910. The van der Waals surface area contributed by atoms with Gasteiger partial charge in [0.1, 0.15) is 0 Å². The molecule has 1 aliphatic rings. The first-order chi connectivity index (χ1) is 10.8. The van der Waals surface area contributed by atoms with Gasteiger partial charge < -0.3 is 0 Å². The summed E-state index contributed by atoms with van der Waals surface area (Å²) in [5.74, 6) is 1.02. The lowest BCUT2D eigenvalue weighted by atomic mass is 9.94. The van der Waals surface area contributed by atoms with Gasteiger partial charge in [0.05, 0.1) is 6.26 Å². The van der Waals surface area contributed by atoms with Crippen molar-refractivity contribution in [2.45, 2.75) is 45.6 Å². The molecule has 1 unspecified atom stereocenters. The van der Waals surface area contributed by atoms with E-state index in [0.717, 1.165) is 25.9 Å². The first-order valence-electron chi connectivity index (χ1n) is 8.55. The van der Waals surface area contributed by atoms with Crippen LogP contribution in [0.2, 0.25) is 0 Å². The molecule has 130 valence electrons. The van der Waals surface area contributed by atoms with Crippen molar-refractivity contribution in [3.8, 4) is 0 Å². The summed E-state index contributed by atoms with van der Waals surface area (Å²) in [7, 11) is -3.07. The molecule has 1 aromatic carbocycles. The van der Waals surface area contributed by atoms with Gasteiger partial charge in [-0.25, -0.2) is 13.1 Å². The summed E-state index contributed by atoms with van der Waals surface area (Å²) in [4.78, 5) is 2.50. The van der Waals surface area contributed by atoms with Crippen molar-refractivity contribution in [1.82, 2.24) is 9.62 Å². The molecule has 5 heteroatoms. The highest BCUT2D eigenvalue weighted by molar-refractivity contribution is 7.88. The summed E-state index contributed by atoms with van der Waals surface area (Å²) in [6.07, 6.45) is 3.33. The maximum absolute atomic E-state index is 11.2. The fourth-order valence-corrected chi connectivity index (χ4v) is 3.72. The molecular weight excluding hydrogens is 308 g/mol. The Morgan fingerprint density at radius 1 is 1.09 bits per heavy atom. The quantitative estimate of drug-likeness (QED) is 0.867. The molecule has 0 aliphatic carbocycles. The van der Waals surface area contributed by atoms with E-state index in [2.05, 4.69) is 54.7 Å². The summed E-state index contributed by atoms with van der Waals surface area (Å²) in [6, 6.07) is 9.38. The molecule has 0 aromatic heterocycles. The van der Waals surface area contributed by atoms with E-state index in [1.807, 2.05) is 0 Å². The number of sulfonamides is 1. The number of hydrogen-bond donors (Lipinski definition) is 1. The van der Waals surface area contributed by atoms with Crippen molar-refractivity contribution in [1.29, 1.82) is 0 Å². The molecule has 2 rings (SSSR count). The second-order valence-corrected chi connectivity index (χ2v) is 8.93. The highest BCUT2D eigenvalue weighted by Crippen LogP contribution is 2.27. The molecular formula is C18H30N2O2S. The lowest BCUT2D eigenvalue weighted by Crippen LogP contribution is -2.39. The van der Waals surface area contributed by atoms with Gasteiger partial charge in [-0.15, -0.1) is 0 Å². The zero-order valence-electron chi connectivity index (χ0n) is 14.7. The first kappa shape index (κ1) is 18.4. The Kier molecular flexibility index (Phi) is 6.23. The molecule has 0 saturated carbocycles. The lowest BCUT2D eigenvalue weighted by molar-refractivity contribution is 0.142. The van der Waals surface area contributed by atoms with Crippen LogP contribution < -0.4 is 4.72 Å². The van der Waals surface area contributed by atoms with Gasteiger partial charge in [0, 0.05) is 12.6 Å². The summed E-state index contributed by atoms with van der Waals surface area (Å²) in [5, 5.41) is 0. The topological polar surface area (TPSA) is 49.4 Å². The van der Waals surface area contributed by atoms with Crippen LogP contribution in [-0.2, 0) is 10.0 Å². The minimum atomic E-state index is -3.07. The van der Waals surface area contributed by atoms with Gasteiger partial charge in [-0.3, -0.25) is 4.90 Å². The number of nitrogens with zero attached hydrogens (tertiary/aromatic N) is 1. The monoisotopic (exact) mass is 338 g/mol. The third-order valence-electron chi connectivity index (χ3n) is 4.92. The van der Waals surface area contributed by atoms with Crippen LogP contribution in [0.1, 0.15) is 56.7 Å². The van der Waals surface area contributed by atoms with E-state index in [0.29, 0.717) is 24.4 Å². The zero-order valence-corrected chi connectivity index (χ0v) is 15.6. The molecule has 23 heavy (non-hydrogen) atoms. The van der Waals surface area contributed by atoms with Crippen LogP contribution in [0.4, 0.5) is 0 Å². The smallest absolute Gasteiger partial charge is 0.208 e. The van der Waals surface area contributed by atoms with Crippen molar-refractivity contribution in [3.05, 3.63) is 35.4 Å². The van der Waals surface area contributed by atoms with Gasteiger partial charge in [0.25, 0.3) is 0 Å². The highest BCUT2D eigenvalue weighted by atomic mass is 32.2. The molecule has 0 amide bonds. The Morgan fingerprint density at radius 3 is 2.09 bits per heavy atom. The molecule has 1 saturated heterocycles. The molecule has 1 atom stereocenters. The maximum atomic E-state index is 11.2. The van der Waals surface area contributed by atoms with E-state index < -0.39 is 10.0 Å². The normalized spacial score (nSPS) is 19.2. The molecule has 0 radical (unpaired) electrons. The van der Waals surface area contributed by atoms with E-state index in [1.54, 1.807) is 0 Å². The summed E-state index contributed by atoms with van der Waals surface area (Å²) >= 11 is 0. The fourth-order valence-electron chi connectivity index (χ4n) is 3.18. The predicted molar refractivity (Wildman–Crippen MR) is 96.1 cm³/mol. The van der Waals surface area contributed by atoms with E-state index in [9.17, 15) is 8.42 Å². The SMILES string of the molecule is CC(C)c1ccc(C(C)N2CCC(CNS(C)(=O)=O)CC2)cc1. The van der Waals surface area contributed by atoms with Crippen molar-refractivity contribution in [2.24, 2.45) is 5.92 Å². The third-order valence-corrected chi connectivity index (χ3v) is 5.61. The largest absolute Gasteiger partial charge is 0.297 e. The average Bonchev–Trinajstić information content (AvgIpc) is 2.52. The second kappa shape index (κ2) is 7.77. The highest BCUT2D eigenvalue weighted by Gasteiger charge is 2.24. The lowest BCUT2D eigenvalue weighted by Gasteiger charge is -2.36. The second-order valence-electron chi connectivity index (χ2n) is 7.10. The number of rotatable bonds is 6. The molecule has 0 bridgehead atoms. The van der Waals surface area contributed by atoms with Gasteiger partial charge in [-0.1, -0.05) is 38.1 Å². The number of likely N-dealkylation sites (tertiary alicyclic amines) is 1. The molecule has 1 heterocycles.